The van der Waals surface area contributed by atoms with Crippen LogP contribution in [0.4, 0.5) is 5.69 Å². The molecule has 1 atom stereocenters. The van der Waals surface area contributed by atoms with Gasteiger partial charge < -0.3 is 20.9 Å². The summed E-state index contributed by atoms with van der Waals surface area (Å²) in [7, 11) is 1.56. The van der Waals surface area contributed by atoms with Crippen LogP contribution in [-0.2, 0) is 9.53 Å². The number of nitrogens with two attached hydrogens (primary N) is 1. The summed E-state index contributed by atoms with van der Waals surface area (Å²) in [6.07, 6.45) is 0.459. The quantitative estimate of drug-likeness (QED) is 0.687. The van der Waals surface area contributed by atoms with Crippen LogP contribution < -0.4 is 11.1 Å². The molecule has 0 bridgehead atoms. The second-order valence-electron chi connectivity index (χ2n) is 3.43. The van der Waals surface area contributed by atoms with Gasteiger partial charge in [-0.25, -0.2) is 0 Å². The molecule has 88 valence electrons. The fraction of sp³-hybridized carbons (Fsp3) is 0.364. The van der Waals surface area contributed by atoms with Crippen molar-refractivity contribution in [1.29, 1.82) is 0 Å². The van der Waals surface area contributed by atoms with Crippen molar-refractivity contribution in [2.24, 2.45) is 5.73 Å². The van der Waals surface area contributed by atoms with E-state index in [9.17, 15) is 9.90 Å². The first-order valence-corrected chi connectivity index (χ1v) is 4.98. The molecular formula is C11H16N2O3. The van der Waals surface area contributed by atoms with Crippen LogP contribution in [-0.4, -0.2) is 30.8 Å². The molecule has 1 unspecified atom stereocenters. The summed E-state index contributed by atoms with van der Waals surface area (Å²) in [5.74, 6) is -0.189. The number of anilines is 1. The topological polar surface area (TPSA) is 84.6 Å². The highest BCUT2D eigenvalue weighted by Crippen LogP contribution is 2.15. The van der Waals surface area contributed by atoms with E-state index in [1.54, 1.807) is 19.2 Å². The van der Waals surface area contributed by atoms with E-state index >= 15 is 0 Å². The molecule has 0 aliphatic carbocycles. The van der Waals surface area contributed by atoms with Gasteiger partial charge in [-0.1, -0.05) is 6.07 Å². The van der Waals surface area contributed by atoms with Gasteiger partial charge in [0.05, 0.1) is 6.04 Å². The van der Waals surface area contributed by atoms with Gasteiger partial charge >= 0.3 is 0 Å². The number of ether oxygens (including phenoxy) is 1. The SMILES string of the molecule is COCCC(N)C(=O)Nc1cccc(O)c1. The van der Waals surface area contributed by atoms with Crippen molar-refractivity contribution in [1.82, 2.24) is 0 Å². The maximum atomic E-state index is 11.6. The summed E-state index contributed by atoms with van der Waals surface area (Å²) in [5, 5.41) is 11.8. The predicted molar refractivity (Wildman–Crippen MR) is 61.2 cm³/mol. The van der Waals surface area contributed by atoms with Crippen molar-refractivity contribution in [3.63, 3.8) is 0 Å². The normalized spacial score (nSPS) is 12.1. The van der Waals surface area contributed by atoms with E-state index in [0.29, 0.717) is 18.7 Å². The Bertz CT molecular complexity index is 355. The number of amides is 1. The molecule has 5 heteroatoms. The van der Waals surface area contributed by atoms with E-state index in [1.807, 2.05) is 0 Å². The molecule has 0 aliphatic heterocycles. The molecule has 1 rings (SSSR count). The molecule has 0 radical (unpaired) electrons. The van der Waals surface area contributed by atoms with E-state index in [-0.39, 0.29) is 11.7 Å². The van der Waals surface area contributed by atoms with Gasteiger partial charge in [0.25, 0.3) is 0 Å². The van der Waals surface area contributed by atoms with Gasteiger partial charge in [-0.05, 0) is 18.6 Å². The Morgan fingerprint density at radius 1 is 1.62 bits per heavy atom. The molecular weight excluding hydrogens is 208 g/mol. The molecule has 5 nitrogen and oxygen atoms in total. The van der Waals surface area contributed by atoms with Gasteiger partial charge in [-0.15, -0.1) is 0 Å². The molecule has 0 saturated heterocycles. The third kappa shape index (κ3) is 3.88. The molecule has 0 aliphatic rings. The fourth-order valence-electron chi connectivity index (χ4n) is 1.19. The molecule has 0 aromatic heterocycles. The minimum Gasteiger partial charge on any atom is -0.508 e. The smallest absolute Gasteiger partial charge is 0.241 e. The third-order valence-corrected chi connectivity index (χ3v) is 2.08. The number of hydrogen-bond donors (Lipinski definition) is 3. The summed E-state index contributed by atoms with van der Waals surface area (Å²) in [5.41, 5.74) is 6.16. The zero-order valence-electron chi connectivity index (χ0n) is 9.14. The summed E-state index contributed by atoms with van der Waals surface area (Å²) in [6.45, 7) is 0.439. The first-order chi connectivity index (χ1) is 7.63. The number of methoxy groups -OCH3 is 1. The van der Waals surface area contributed by atoms with Crippen LogP contribution >= 0.6 is 0 Å². The van der Waals surface area contributed by atoms with Crippen molar-refractivity contribution in [2.75, 3.05) is 19.0 Å². The monoisotopic (exact) mass is 224 g/mol. The van der Waals surface area contributed by atoms with E-state index in [1.165, 1.54) is 12.1 Å². The van der Waals surface area contributed by atoms with Gasteiger partial charge in [-0.3, -0.25) is 4.79 Å². The molecule has 0 spiro atoms. The first-order valence-electron chi connectivity index (χ1n) is 4.98. The molecule has 16 heavy (non-hydrogen) atoms. The average molecular weight is 224 g/mol. The van der Waals surface area contributed by atoms with Crippen molar-refractivity contribution in [3.05, 3.63) is 24.3 Å². The lowest BCUT2D eigenvalue weighted by Gasteiger charge is -2.11. The molecule has 0 saturated carbocycles. The number of carbonyl (C=O) groups is 1. The minimum absolute atomic E-state index is 0.100. The zero-order chi connectivity index (χ0) is 12.0. The standard InChI is InChI=1S/C11H16N2O3/c1-16-6-5-10(12)11(15)13-8-3-2-4-9(14)7-8/h2-4,7,10,14H,5-6,12H2,1H3,(H,13,15). The molecule has 4 N–H and O–H groups in total. The number of hydrogen-bond acceptors (Lipinski definition) is 4. The third-order valence-electron chi connectivity index (χ3n) is 2.08. The zero-order valence-corrected chi connectivity index (χ0v) is 9.14. The maximum Gasteiger partial charge on any atom is 0.241 e. The van der Waals surface area contributed by atoms with Crippen LogP contribution in [0, 0.1) is 0 Å². The Hall–Kier alpha value is -1.59. The van der Waals surface area contributed by atoms with Gasteiger partial charge in [0.1, 0.15) is 5.75 Å². The van der Waals surface area contributed by atoms with Gasteiger partial charge in [0, 0.05) is 25.5 Å². The van der Waals surface area contributed by atoms with Crippen molar-refractivity contribution in [3.8, 4) is 5.75 Å². The van der Waals surface area contributed by atoms with E-state index in [2.05, 4.69) is 5.32 Å². The average Bonchev–Trinajstić information content (AvgIpc) is 2.25. The highest BCUT2D eigenvalue weighted by molar-refractivity contribution is 5.94. The van der Waals surface area contributed by atoms with E-state index in [4.69, 9.17) is 10.5 Å². The van der Waals surface area contributed by atoms with E-state index < -0.39 is 6.04 Å². The number of phenolic OH excluding ortho intramolecular Hbond substituents is 1. The van der Waals surface area contributed by atoms with Crippen molar-refractivity contribution >= 4 is 11.6 Å². The summed E-state index contributed by atoms with van der Waals surface area (Å²) in [6, 6.07) is 5.70. The van der Waals surface area contributed by atoms with Crippen LogP contribution in [0.15, 0.2) is 24.3 Å². The lowest BCUT2D eigenvalue weighted by Crippen LogP contribution is -2.36. The number of rotatable bonds is 5. The van der Waals surface area contributed by atoms with Crippen molar-refractivity contribution in [2.45, 2.75) is 12.5 Å². The molecule has 0 fully saturated rings. The number of phenols is 1. The van der Waals surface area contributed by atoms with Crippen molar-refractivity contribution < 1.29 is 14.6 Å². The minimum atomic E-state index is -0.609. The van der Waals surface area contributed by atoms with Crippen LogP contribution in [0.1, 0.15) is 6.42 Å². The summed E-state index contributed by atoms with van der Waals surface area (Å²) < 4.78 is 4.83. The highest BCUT2D eigenvalue weighted by Gasteiger charge is 2.12. The number of carbonyl (C=O) groups excluding carboxylic acids is 1. The lowest BCUT2D eigenvalue weighted by molar-refractivity contribution is -0.117. The Labute approximate surface area is 94.2 Å². The Morgan fingerprint density at radius 3 is 3.00 bits per heavy atom. The number of nitrogens with one attached hydrogen (secondary N) is 1. The predicted octanol–water partition coefficient (Wildman–Crippen LogP) is 0.694. The van der Waals surface area contributed by atoms with E-state index in [0.717, 1.165) is 0 Å². The maximum absolute atomic E-state index is 11.6. The largest absolute Gasteiger partial charge is 0.508 e. The van der Waals surface area contributed by atoms with Crippen LogP contribution in [0.25, 0.3) is 0 Å². The molecule has 0 heterocycles. The number of aromatic hydroxyl groups is 1. The molecule has 1 amide bonds. The molecule has 1 aromatic carbocycles. The Kier molecular flexibility index (Phi) is 4.75. The Morgan fingerprint density at radius 2 is 2.38 bits per heavy atom. The van der Waals surface area contributed by atoms with Gasteiger partial charge in [-0.2, -0.15) is 0 Å². The summed E-state index contributed by atoms with van der Waals surface area (Å²) in [4.78, 5) is 11.6. The summed E-state index contributed by atoms with van der Waals surface area (Å²) >= 11 is 0. The fourth-order valence-corrected chi connectivity index (χ4v) is 1.19. The Balaban J connectivity index is 2.50. The second-order valence-corrected chi connectivity index (χ2v) is 3.43. The number of benzene rings is 1. The van der Waals surface area contributed by atoms with Crippen LogP contribution in [0.5, 0.6) is 5.75 Å². The second kappa shape index (κ2) is 6.09. The van der Waals surface area contributed by atoms with Gasteiger partial charge in [0.15, 0.2) is 0 Å². The highest BCUT2D eigenvalue weighted by atomic mass is 16.5. The first kappa shape index (κ1) is 12.5. The van der Waals surface area contributed by atoms with Crippen LogP contribution in [0.3, 0.4) is 0 Å². The van der Waals surface area contributed by atoms with Gasteiger partial charge in [0.2, 0.25) is 5.91 Å². The van der Waals surface area contributed by atoms with Crippen LogP contribution in [0.2, 0.25) is 0 Å². The lowest BCUT2D eigenvalue weighted by atomic mass is 10.2. The molecule has 1 aromatic rings.